The molecule has 0 aliphatic heterocycles. The van der Waals surface area contributed by atoms with E-state index in [0.29, 0.717) is 26.2 Å². The van der Waals surface area contributed by atoms with Crippen molar-refractivity contribution in [2.45, 2.75) is 19.4 Å². The molecule has 2 aromatic carbocycles. The third kappa shape index (κ3) is 6.37. The van der Waals surface area contributed by atoms with Crippen LogP contribution in [0.15, 0.2) is 42.5 Å². The van der Waals surface area contributed by atoms with Gasteiger partial charge >= 0.3 is 0 Å². The van der Waals surface area contributed by atoms with E-state index in [1.54, 1.807) is 19.2 Å². The number of hydrogen-bond donors (Lipinski definition) is 1. The normalized spacial score (nSPS) is 10.4. The first kappa shape index (κ1) is 19.7. The number of carbonyl (C=O) groups excluding carboxylic acids is 1. The van der Waals surface area contributed by atoms with E-state index in [-0.39, 0.29) is 18.1 Å². The first-order valence-electron chi connectivity index (χ1n) is 8.42. The number of nitrogens with one attached hydrogen (secondary N) is 1. The van der Waals surface area contributed by atoms with Gasteiger partial charge in [-0.15, -0.1) is 0 Å². The number of halogens is 1. The van der Waals surface area contributed by atoms with Crippen LogP contribution in [0.1, 0.15) is 17.5 Å². The molecule has 0 bridgehead atoms. The Morgan fingerprint density at radius 2 is 1.92 bits per heavy atom. The molecular formula is C20H24FNO4. The summed E-state index contributed by atoms with van der Waals surface area (Å²) < 4.78 is 29.0. The average molecular weight is 361 g/mol. The first-order chi connectivity index (χ1) is 12.6. The number of amides is 1. The molecule has 2 aromatic rings. The largest absolute Gasteiger partial charge is 0.494 e. The molecule has 2 rings (SSSR count). The van der Waals surface area contributed by atoms with Gasteiger partial charge in [-0.05, 0) is 41.8 Å². The Bertz CT molecular complexity index is 721. The van der Waals surface area contributed by atoms with Gasteiger partial charge in [-0.3, -0.25) is 4.79 Å². The maximum Gasteiger partial charge on any atom is 0.220 e. The van der Waals surface area contributed by atoms with Crippen LogP contribution >= 0.6 is 0 Å². The molecule has 0 aliphatic carbocycles. The van der Waals surface area contributed by atoms with Crippen LogP contribution in [-0.2, 0) is 22.5 Å². The van der Waals surface area contributed by atoms with Gasteiger partial charge in [0.2, 0.25) is 5.91 Å². The van der Waals surface area contributed by atoms with Gasteiger partial charge in [0.05, 0.1) is 13.7 Å². The number of ether oxygens (including phenoxy) is 3. The smallest absolute Gasteiger partial charge is 0.220 e. The lowest BCUT2D eigenvalue weighted by Gasteiger charge is -2.09. The summed E-state index contributed by atoms with van der Waals surface area (Å²) in [7, 11) is 3.04. The van der Waals surface area contributed by atoms with Gasteiger partial charge in [0.15, 0.2) is 11.6 Å². The summed E-state index contributed by atoms with van der Waals surface area (Å²) in [5.74, 6) is 0.427. The Labute approximate surface area is 153 Å². The maximum absolute atomic E-state index is 13.6. The van der Waals surface area contributed by atoms with Crippen molar-refractivity contribution in [3.8, 4) is 11.5 Å². The predicted molar refractivity (Wildman–Crippen MR) is 96.9 cm³/mol. The molecule has 0 aromatic heterocycles. The predicted octanol–water partition coefficient (Wildman–Crippen LogP) is 3.11. The van der Waals surface area contributed by atoms with Crippen molar-refractivity contribution in [1.29, 1.82) is 0 Å². The molecule has 0 aliphatic rings. The Kier molecular flexibility index (Phi) is 7.89. The molecule has 0 saturated carbocycles. The van der Waals surface area contributed by atoms with E-state index in [1.807, 2.05) is 24.3 Å². The zero-order valence-electron chi connectivity index (χ0n) is 15.1. The summed E-state index contributed by atoms with van der Waals surface area (Å²) >= 11 is 0. The van der Waals surface area contributed by atoms with Gasteiger partial charge in [-0.25, -0.2) is 4.39 Å². The quantitative estimate of drug-likeness (QED) is 0.661. The molecule has 0 fully saturated rings. The minimum atomic E-state index is -0.421. The van der Waals surface area contributed by atoms with Crippen LogP contribution in [0.25, 0.3) is 0 Å². The fourth-order valence-corrected chi connectivity index (χ4v) is 2.40. The van der Waals surface area contributed by atoms with Crippen LogP contribution in [0.3, 0.4) is 0 Å². The second kappa shape index (κ2) is 10.4. The van der Waals surface area contributed by atoms with Crippen LogP contribution in [0.2, 0.25) is 0 Å². The highest BCUT2D eigenvalue weighted by molar-refractivity contribution is 5.76. The van der Waals surface area contributed by atoms with Crippen LogP contribution in [0, 0.1) is 5.82 Å². The summed E-state index contributed by atoms with van der Waals surface area (Å²) in [5, 5.41) is 2.86. The van der Waals surface area contributed by atoms with E-state index in [1.165, 1.54) is 13.2 Å². The highest BCUT2D eigenvalue weighted by atomic mass is 19.1. The molecule has 140 valence electrons. The summed E-state index contributed by atoms with van der Waals surface area (Å²) in [4.78, 5) is 12.0. The Morgan fingerprint density at radius 1 is 1.08 bits per heavy atom. The molecule has 0 spiro atoms. The summed E-state index contributed by atoms with van der Waals surface area (Å²) in [6.45, 7) is 1.41. The molecule has 26 heavy (non-hydrogen) atoms. The number of carbonyl (C=O) groups is 1. The van der Waals surface area contributed by atoms with E-state index < -0.39 is 5.82 Å². The SMILES string of the molecule is COCCOc1cccc(CNC(=O)CCc2ccc(OC)c(F)c2)c1. The van der Waals surface area contributed by atoms with Crippen molar-refractivity contribution in [2.75, 3.05) is 27.4 Å². The van der Waals surface area contributed by atoms with Crippen molar-refractivity contribution in [3.05, 3.63) is 59.4 Å². The van der Waals surface area contributed by atoms with Crippen LogP contribution < -0.4 is 14.8 Å². The highest BCUT2D eigenvalue weighted by Crippen LogP contribution is 2.18. The number of aryl methyl sites for hydroxylation is 1. The molecule has 0 radical (unpaired) electrons. The minimum absolute atomic E-state index is 0.0908. The van der Waals surface area contributed by atoms with Gasteiger partial charge in [-0.1, -0.05) is 18.2 Å². The van der Waals surface area contributed by atoms with Crippen molar-refractivity contribution >= 4 is 5.91 Å². The number of rotatable bonds is 10. The third-order valence-corrected chi connectivity index (χ3v) is 3.80. The van der Waals surface area contributed by atoms with Gasteiger partial charge in [0, 0.05) is 20.1 Å². The lowest BCUT2D eigenvalue weighted by Crippen LogP contribution is -2.23. The fourth-order valence-electron chi connectivity index (χ4n) is 2.40. The van der Waals surface area contributed by atoms with Crippen LogP contribution in [-0.4, -0.2) is 33.3 Å². The second-order valence-corrected chi connectivity index (χ2v) is 5.73. The lowest BCUT2D eigenvalue weighted by molar-refractivity contribution is -0.121. The average Bonchev–Trinajstić information content (AvgIpc) is 2.65. The molecule has 5 nitrogen and oxygen atoms in total. The number of methoxy groups -OCH3 is 2. The highest BCUT2D eigenvalue weighted by Gasteiger charge is 2.07. The monoisotopic (exact) mass is 361 g/mol. The van der Waals surface area contributed by atoms with E-state index >= 15 is 0 Å². The molecule has 0 heterocycles. The van der Waals surface area contributed by atoms with Crippen LogP contribution in [0.5, 0.6) is 11.5 Å². The summed E-state index contributed by atoms with van der Waals surface area (Å²) in [6.07, 6.45) is 0.753. The van der Waals surface area contributed by atoms with Crippen molar-refractivity contribution in [3.63, 3.8) is 0 Å². The van der Waals surface area contributed by atoms with Crippen LogP contribution in [0.4, 0.5) is 4.39 Å². The number of benzene rings is 2. The fraction of sp³-hybridized carbons (Fsp3) is 0.350. The van der Waals surface area contributed by atoms with E-state index in [4.69, 9.17) is 14.2 Å². The van der Waals surface area contributed by atoms with Gasteiger partial charge < -0.3 is 19.5 Å². The second-order valence-electron chi connectivity index (χ2n) is 5.73. The Morgan fingerprint density at radius 3 is 2.65 bits per heavy atom. The first-order valence-corrected chi connectivity index (χ1v) is 8.42. The maximum atomic E-state index is 13.6. The number of hydrogen-bond acceptors (Lipinski definition) is 4. The molecule has 0 saturated heterocycles. The molecule has 1 N–H and O–H groups in total. The minimum Gasteiger partial charge on any atom is -0.494 e. The van der Waals surface area contributed by atoms with Crippen molar-refractivity contribution in [1.82, 2.24) is 5.32 Å². The molecule has 0 unspecified atom stereocenters. The van der Waals surface area contributed by atoms with E-state index in [9.17, 15) is 9.18 Å². The zero-order chi connectivity index (χ0) is 18.8. The molecule has 1 amide bonds. The summed E-state index contributed by atoms with van der Waals surface area (Å²) in [6, 6.07) is 12.3. The van der Waals surface area contributed by atoms with Crippen molar-refractivity contribution < 1.29 is 23.4 Å². The third-order valence-electron chi connectivity index (χ3n) is 3.80. The summed E-state index contributed by atoms with van der Waals surface area (Å²) in [5.41, 5.74) is 1.70. The topological polar surface area (TPSA) is 56.8 Å². The van der Waals surface area contributed by atoms with E-state index in [2.05, 4.69) is 5.32 Å². The standard InChI is InChI=1S/C20H24FNO4/c1-24-10-11-26-17-5-3-4-16(12-17)14-22-20(23)9-7-15-6-8-19(25-2)18(21)13-15/h3-6,8,12-13H,7,9-11,14H2,1-2H3,(H,22,23). The van der Waals surface area contributed by atoms with Crippen molar-refractivity contribution in [2.24, 2.45) is 0 Å². The Hall–Kier alpha value is -2.60. The van der Waals surface area contributed by atoms with E-state index in [0.717, 1.165) is 16.9 Å². The molecule has 6 heteroatoms. The molecule has 0 atom stereocenters. The van der Waals surface area contributed by atoms with Gasteiger partial charge in [-0.2, -0.15) is 0 Å². The Balaban J connectivity index is 1.78. The molecular weight excluding hydrogens is 337 g/mol. The van der Waals surface area contributed by atoms with Gasteiger partial charge in [0.1, 0.15) is 12.4 Å². The zero-order valence-corrected chi connectivity index (χ0v) is 15.1. The lowest BCUT2D eigenvalue weighted by atomic mass is 10.1. The van der Waals surface area contributed by atoms with Gasteiger partial charge in [0.25, 0.3) is 0 Å².